The van der Waals surface area contributed by atoms with Crippen molar-refractivity contribution in [1.29, 1.82) is 0 Å². The van der Waals surface area contributed by atoms with Gasteiger partial charge in [0, 0.05) is 30.1 Å². The first-order chi connectivity index (χ1) is 12.1. The van der Waals surface area contributed by atoms with Crippen molar-refractivity contribution in [3.63, 3.8) is 0 Å². The molecule has 0 aliphatic rings. The average Bonchev–Trinajstić information content (AvgIpc) is 2.64. The fourth-order valence-corrected chi connectivity index (χ4v) is 2.31. The molecule has 2 N–H and O–H groups in total. The van der Waals surface area contributed by atoms with Crippen molar-refractivity contribution in [2.45, 2.75) is 6.54 Å². The molecule has 0 radical (unpaired) electrons. The van der Waals surface area contributed by atoms with E-state index in [1.165, 1.54) is 18.2 Å². The van der Waals surface area contributed by atoms with Crippen LogP contribution in [0.2, 0.25) is 0 Å². The predicted molar refractivity (Wildman–Crippen MR) is 101 cm³/mol. The second-order valence-electron chi connectivity index (χ2n) is 5.54. The number of rotatable bonds is 5. The van der Waals surface area contributed by atoms with Crippen LogP contribution in [0.3, 0.4) is 0 Å². The Labute approximate surface area is 157 Å². The summed E-state index contributed by atoms with van der Waals surface area (Å²) in [6, 6.07) is 11.7. The zero-order valence-electron chi connectivity index (χ0n) is 13.8. The van der Waals surface area contributed by atoms with Crippen molar-refractivity contribution in [3.05, 3.63) is 83.9 Å². The number of pyridine rings is 2. The van der Waals surface area contributed by atoms with Gasteiger partial charge in [-0.05, 0) is 41.5 Å². The van der Waals surface area contributed by atoms with E-state index in [0.29, 0.717) is 5.56 Å². The molecule has 0 aliphatic carbocycles. The van der Waals surface area contributed by atoms with Gasteiger partial charge in [-0.3, -0.25) is 9.78 Å². The summed E-state index contributed by atoms with van der Waals surface area (Å²) in [5.41, 5.74) is 2.43. The van der Waals surface area contributed by atoms with Crippen LogP contribution >= 0.6 is 12.4 Å². The molecule has 132 valence electrons. The van der Waals surface area contributed by atoms with E-state index in [2.05, 4.69) is 4.98 Å². The monoisotopic (exact) mass is 369 g/mol. The number of benzene rings is 1. The number of hydrogen-bond acceptors (Lipinski definition) is 4. The number of phenols is 2. The highest BCUT2D eigenvalue weighted by Gasteiger charge is 2.13. The number of ketones is 1. The molecule has 0 atom stereocenters. The molecular formula is C20H18ClN2O3+. The molecule has 0 saturated heterocycles. The van der Waals surface area contributed by atoms with E-state index in [9.17, 15) is 15.0 Å². The summed E-state index contributed by atoms with van der Waals surface area (Å²) < 4.78 is 1.76. The molecule has 2 aromatic heterocycles. The molecule has 0 amide bonds. The third kappa shape index (κ3) is 4.91. The van der Waals surface area contributed by atoms with E-state index in [1.807, 2.05) is 48.8 Å². The normalized spacial score (nSPS) is 10.5. The molecular weight excluding hydrogens is 352 g/mol. The Morgan fingerprint density at radius 3 is 2.15 bits per heavy atom. The zero-order valence-corrected chi connectivity index (χ0v) is 14.6. The van der Waals surface area contributed by atoms with Gasteiger partial charge in [0.25, 0.3) is 0 Å². The van der Waals surface area contributed by atoms with Crippen LogP contribution in [0, 0.1) is 0 Å². The van der Waals surface area contributed by atoms with Crippen molar-refractivity contribution in [3.8, 4) is 11.5 Å². The van der Waals surface area contributed by atoms with Crippen molar-refractivity contribution in [2.75, 3.05) is 0 Å². The van der Waals surface area contributed by atoms with Crippen molar-refractivity contribution < 1.29 is 19.6 Å². The lowest BCUT2D eigenvalue weighted by Crippen LogP contribution is -2.37. The Morgan fingerprint density at radius 2 is 1.54 bits per heavy atom. The van der Waals surface area contributed by atoms with Gasteiger partial charge in [-0.2, -0.15) is 4.57 Å². The van der Waals surface area contributed by atoms with Gasteiger partial charge in [0.2, 0.25) is 12.3 Å². The van der Waals surface area contributed by atoms with Gasteiger partial charge in [-0.15, -0.1) is 12.4 Å². The van der Waals surface area contributed by atoms with Crippen molar-refractivity contribution in [1.82, 2.24) is 4.98 Å². The highest BCUT2D eigenvalue weighted by molar-refractivity contribution is 5.95. The van der Waals surface area contributed by atoms with Crippen LogP contribution in [0.5, 0.6) is 11.5 Å². The lowest BCUT2D eigenvalue weighted by molar-refractivity contribution is -0.683. The molecule has 0 unspecified atom stereocenters. The molecule has 3 rings (SSSR count). The SMILES string of the molecule is Cl.O=C(C[n+]1ccc(/C=C/c2ccncc2)cc1)c1ccc(O)c(O)c1. The summed E-state index contributed by atoms with van der Waals surface area (Å²) in [4.78, 5) is 16.2. The number of aromatic hydroxyl groups is 2. The van der Waals surface area contributed by atoms with E-state index < -0.39 is 0 Å². The van der Waals surface area contributed by atoms with E-state index in [0.717, 1.165) is 11.1 Å². The molecule has 0 fully saturated rings. The molecule has 6 heteroatoms. The summed E-state index contributed by atoms with van der Waals surface area (Å²) in [6.45, 7) is 0.151. The van der Waals surface area contributed by atoms with E-state index in [-0.39, 0.29) is 36.2 Å². The minimum atomic E-state index is -0.299. The molecule has 3 aromatic rings. The second-order valence-corrected chi connectivity index (χ2v) is 5.54. The van der Waals surface area contributed by atoms with Crippen LogP contribution < -0.4 is 4.57 Å². The first-order valence-electron chi connectivity index (χ1n) is 7.74. The van der Waals surface area contributed by atoms with E-state index >= 15 is 0 Å². The molecule has 0 bridgehead atoms. The maximum Gasteiger partial charge on any atom is 0.227 e. The summed E-state index contributed by atoms with van der Waals surface area (Å²) >= 11 is 0. The van der Waals surface area contributed by atoms with Gasteiger partial charge < -0.3 is 10.2 Å². The van der Waals surface area contributed by atoms with Crippen LogP contribution in [0.15, 0.2) is 67.3 Å². The molecule has 0 saturated carbocycles. The van der Waals surface area contributed by atoms with Crippen LogP contribution in [-0.4, -0.2) is 21.0 Å². The number of aromatic nitrogens is 2. The summed E-state index contributed by atoms with van der Waals surface area (Å²) in [5, 5.41) is 18.8. The Kier molecular flexibility index (Phi) is 6.47. The number of hydrogen-bond donors (Lipinski definition) is 2. The highest BCUT2D eigenvalue weighted by Crippen LogP contribution is 2.24. The largest absolute Gasteiger partial charge is 0.504 e. The summed E-state index contributed by atoms with van der Waals surface area (Å²) in [7, 11) is 0. The van der Waals surface area contributed by atoms with Crippen LogP contribution in [0.25, 0.3) is 12.2 Å². The Morgan fingerprint density at radius 1 is 0.923 bits per heavy atom. The van der Waals surface area contributed by atoms with Gasteiger partial charge in [0.1, 0.15) is 0 Å². The summed E-state index contributed by atoms with van der Waals surface area (Å²) in [6.07, 6.45) is 11.1. The maximum absolute atomic E-state index is 12.2. The fourth-order valence-electron chi connectivity index (χ4n) is 2.31. The second kappa shape index (κ2) is 8.78. The summed E-state index contributed by atoms with van der Waals surface area (Å²) in [5.74, 6) is -0.692. The Bertz CT molecular complexity index is 910. The standard InChI is InChI=1S/C20H16N2O3.ClH/c23-18-4-3-17(13-19(18)24)20(25)14-22-11-7-16(8-12-22)2-1-15-5-9-21-10-6-15;/h1-13,21H,14H2;1H/p+1. The Hall–Kier alpha value is -3.18. The first kappa shape index (κ1) is 19.1. The lowest BCUT2D eigenvalue weighted by Gasteiger charge is -2.01. The topological polar surface area (TPSA) is 74.3 Å². The van der Waals surface area contributed by atoms with Crippen LogP contribution in [-0.2, 0) is 6.54 Å². The number of carbonyl (C=O) groups is 1. The minimum absolute atomic E-state index is 0. The minimum Gasteiger partial charge on any atom is -0.504 e. The average molecular weight is 370 g/mol. The number of halogens is 1. The first-order valence-corrected chi connectivity index (χ1v) is 7.74. The van der Waals surface area contributed by atoms with Gasteiger partial charge in [0.05, 0.1) is 0 Å². The lowest BCUT2D eigenvalue weighted by atomic mass is 10.1. The number of nitrogens with zero attached hydrogens (tertiary/aromatic N) is 2. The van der Waals surface area contributed by atoms with Crippen molar-refractivity contribution >= 4 is 30.3 Å². The molecule has 0 spiro atoms. The quantitative estimate of drug-likeness (QED) is 0.411. The molecule has 26 heavy (non-hydrogen) atoms. The smallest absolute Gasteiger partial charge is 0.227 e. The van der Waals surface area contributed by atoms with Crippen molar-refractivity contribution in [2.24, 2.45) is 0 Å². The highest BCUT2D eigenvalue weighted by atomic mass is 35.5. The Balaban J connectivity index is 0.00000243. The van der Waals surface area contributed by atoms with E-state index in [4.69, 9.17) is 0 Å². The van der Waals surface area contributed by atoms with E-state index in [1.54, 1.807) is 17.0 Å². The maximum atomic E-state index is 12.2. The molecule has 2 heterocycles. The number of phenolic OH excluding ortho intramolecular Hbond substituents is 2. The molecule has 5 nitrogen and oxygen atoms in total. The van der Waals surface area contributed by atoms with Gasteiger partial charge in [-0.1, -0.05) is 12.2 Å². The zero-order chi connectivity index (χ0) is 17.6. The number of Topliss-reactive ketones (excluding diaryl/α,β-unsaturated/α-hetero) is 1. The van der Waals surface area contributed by atoms with Gasteiger partial charge in [-0.25, -0.2) is 0 Å². The third-order valence-corrected chi connectivity index (χ3v) is 3.71. The predicted octanol–water partition coefficient (Wildman–Crippen LogP) is 3.26. The van der Waals surface area contributed by atoms with Crippen LogP contribution in [0.1, 0.15) is 21.5 Å². The molecule has 0 aliphatic heterocycles. The van der Waals surface area contributed by atoms with Crippen LogP contribution in [0.4, 0.5) is 0 Å². The molecule has 1 aromatic carbocycles. The fraction of sp³-hybridized carbons (Fsp3) is 0.0500. The van der Waals surface area contributed by atoms with Gasteiger partial charge >= 0.3 is 0 Å². The third-order valence-electron chi connectivity index (χ3n) is 3.71. The number of carbonyl (C=O) groups excluding carboxylic acids is 1. The van der Waals surface area contributed by atoms with Gasteiger partial charge in [0.15, 0.2) is 23.9 Å².